The average molecular weight is 433 g/mol. The van der Waals surface area contributed by atoms with Gasteiger partial charge < -0.3 is 4.74 Å². The number of aromatic nitrogens is 2. The Morgan fingerprint density at radius 1 is 1.21 bits per heavy atom. The van der Waals surface area contributed by atoms with Crippen molar-refractivity contribution >= 4 is 50.9 Å². The number of esters is 1. The van der Waals surface area contributed by atoms with E-state index in [0.29, 0.717) is 5.02 Å². The first kappa shape index (κ1) is 19.7. The molecule has 0 bridgehead atoms. The molecule has 0 radical (unpaired) electrons. The predicted octanol–water partition coefficient (Wildman–Crippen LogP) is 6.37. The van der Waals surface area contributed by atoms with Gasteiger partial charge in [-0.15, -0.1) is 11.3 Å². The summed E-state index contributed by atoms with van der Waals surface area (Å²) in [5.41, 5.74) is 2.12. The van der Waals surface area contributed by atoms with Gasteiger partial charge in [-0.25, -0.2) is 9.97 Å². The zero-order valence-electron chi connectivity index (χ0n) is 15.6. The van der Waals surface area contributed by atoms with Crippen LogP contribution >= 0.6 is 34.7 Å². The minimum atomic E-state index is -0.321. The van der Waals surface area contributed by atoms with Gasteiger partial charge in [0.05, 0.1) is 5.39 Å². The van der Waals surface area contributed by atoms with Crippen LogP contribution in [-0.2, 0) is 9.53 Å². The van der Waals surface area contributed by atoms with Gasteiger partial charge >= 0.3 is 5.97 Å². The molecule has 0 saturated heterocycles. The Morgan fingerprint density at radius 2 is 1.96 bits per heavy atom. The molecular weight excluding hydrogens is 412 g/mol. The summed E-state index contributed by atoms with van der Waals surface area (Å²) in [4.78, 5) is 22.4. The highest BCUT2D eigenvalue weighted by Crippen LogP contribution is 2.39. The van der Waals surface area contributed by atoms with Gasteiger partial charge in [-0.3, -0.25) is 4.79 Å². The summed E-state index contributed by atoms with van der Waals surface area (Å²) >= 11 is 9.05. The van der Waals surface area contributed by atoms with Gasteiger partial charge in [-0.1, -0.05) is 41.9 Å². The number of thiophene rings is 1. The summed E-state index contributed by atoms with van der Waals surface area (Å²) < 4.78 is 5.73. The van der Waals surface area contributed by atoms with Crippen LogP contribution in [0, 0.1) is 0 Å². The molecule has 146 valence electrons. The third kappa shape index (κ3) is 4.34. The number of fused-ring (bicyclic) bond motifs is 1. The molecule has 1 aromatic carbocycles. The molecule has 1 aliphatic rings. The van der Waals surface area contributed by atoms with E-state index >= 15 is 0 Å². The number of nitrogens with zero attached hydrogens (tertiary/aromatic N) is 2. The highest BCUT2D eigenvalue weighted by molar-refractivity contribution is 8.00. The molecule has 1 atom stereocenters. The van der Waals surface area contributed by atoms with Crippen molar-refractivity contribution in [2.24, 2.45) is 0 Å². The van der Waals surface area contributed by atoms with E-state index in [1.165, 1.54) is 18.2 Å². The van der Waals surface area contributed by atoms with E-state index in [1.807, 2.05) is 31.2 Å². The van der Waals surface area contributed by atoms with E-state index in [1.54, 1.807) is 17.7 Å². The fraction of sp³-hybridized carbons (Fsp3) is 0.381. The number of hydrogen-bond acceptors (Lipinski definition) is 6. The van der Waals surface area contributed by atoms with Crippen LogP contribution in [0.1, 0.15) is 39.0 Å². The lowest BCUT2D eigenvalue weighted by molar-refractivity contribution is -0.149. The van der Waals surface area contributed by atoms with Crippen LogP contribution in [0.15, 0.2) is 41.0 Å². The first-order valence-electron chi connectivity index (χ1n) is 9.47. The van der Waals surface area contributed by atoms with Crippen molar-refractivity contribution in [3.63, 3.8) is 0 Å². The van der Waals surface area contributed by atoms with Gasteiger partial charge in [-0.05, 0) is 50.3 Å². The van der Waals surface area contributed by atoms with Crippen molar-refractivity contribution in [1.29, 1.82) is 0 Å². The fourth-order valence-electron chi connectivity index (χ4n) is 3.44. The van der Waals surface area contributed by atoms with Crippen LogP contribution in [0.2, 0.25) is 5.02 Å². The quantitative estimate of drug-likeness (QED) is 0.266. The summed E-state index contributed by atoms with van der Waals surface area (Å²) in [6.07, 6.45) is 7.12. The summed E-state index contributed by atoms with van der Waals surface area (Å²) in [6.45, 7) is 1.89. The van der Waals surface area contributed by atoms with Crippen LogP contribution in [0.3, 0.4) is 0 Å². The Morgan fingerprint density at radius 3 is 2.71 bits per heavy atom. The van der Waals surface area contributed by atoms with Gasteiger partial charge in [-0.2, -0.15) is 0 Å². The van der Waals surface area contributed by atoms with Gasteiger partial charge in [0.2, 0.25) is 0 Å². The molecule has 0 aliphatic heterocycles. The largest absolute Gasteiger partial charge is 0.462 e. The maximum Gasteiger partial charge on any atom is 0.319 e. The van der Waals surface area contributed by atoms with Crippen LogP contribution < -0.4 is 0 Å². The summed E-state index contributed by atoms with van der Waals surface area (Å²) in [5.74, 6) is -0.160. The molecule has 28 heavy (non-hydrogen) atoms. The lowest BCUT2D eigenvalue weighted by Crippen LogP contribution is -2.26. The number of carbonyl (C=O) groups is 1. The second kappa shape index (κ2) is 8.80. The summed E-state index contributed by atoms with van der Waals surface area (Å²) in [6, 6.07) is 7.74. The maximum atomic E-state index is 12.6. The number of benzene rings is 1. The topological polar surface area (TPSA) is 52.1 Å². The second-order valence-corrected chi connectivity index (χ2v) is 9.60. The molecule has 1 aliphatic carbocycles. The minimum Gasteiger partial charge on any atom is -0.462 e. The Bertz CT molecular complexity index is 968. The normalized spacial score (nSPS) is 16.2. The van der Waals surface area contributed by atoms with Gasteiger partial charge in [0.15, 0.2) is 0 Å². The minimum absolute atomic E-state index is 0.0699. The lowest BCUT2D eigenvalue weighted by Gasteiger charge is -2.23. The van der Waals surface area contributed by atoms with Crippen molar-refractivity contribution < 1.29 is 9.53 Å². The highest BCUT2D eigenvalue weighted by atomic mass is 35.5. The van der Waals surface area contributed by atoms with Gasteiger partial charge in [0, 0.05) is 16.0 Å². The van der Waals surface area contributed by atoms with Crippen LogP contribution in [-0.4, -0.2) is 27.3 Å². The number of carbonyl (C=O) groups excluding carboxylic acids is 1. The van der Waals surface area contributed by atoms with E-state index in [9.17, 15) is 4.79 Å². The lowest BCUT2D eigenvalue weighted by atomic mass is 9.98. The van der Waals surface area contributed by atoms with Gasteiger partial charge in [0.1, 0.15) is 27.5 Å². The summed E-state index contributed by atoms with van der Waals surface area (Å²) in [5, 5.41) is 4.25. The summed E-state index contributed by atoms with van der Waals surface area (Å²) in [7, 11) is 0. The number of rotatable bonds is 5. The smallest absolute Gasteiger partial charge is 0.319 e. The third-order valence-electron chi connectivity index (χ3n) is 4.95. The number of hydrogen-bond donors (Lipinski definition) is 0. The molecule has 1 saturated carbocycles. The molecule has 1 fully saturated rings. The second-order valence-electron chi connectivity index (χ2n) is 6.97. The molecule has 7 heteroatoms. The van der Waals surface area contributed by atoms with Crippen molar-refractivity contribution in [3.05, 3.63) is 41.0 Å². The van der Waals surface area contributed by atoms with E-state index in [-0.39, 0.29) is 17.3 Å². The van der Waals surface area contributed by atoms with Gasteiger partial charge in [0.25, 0.3) is 0 Å². The molecule has 0 amide bonds. The average Bonchev–Trinajstić information content (AvgIpc) is 3.14. The standard InChI is InChI=1S/C21H21ClN2O2S2/c1-13(21(25)26-16-5-3-2-4-6-16)28-20-18-17(11-27-19(18)23-12-24-20)14-7-9-15(22)10-8-14/h7-13,16H,2-6H2,1H3. The van der Waals surface area contributed by atoms with E-state index in [4.69, 9.17) is 16.3 Å². The maximum absolute atomic E-state index is 12.6. The zero-order valence-corrected chi connectivity index (χ0v) is 17.9. The van der Waals surface area contributed by atoms with E-state index < -0.39 is 0 Å². The Kier molecular flexibility index (Phi) is 6.19. The first-order valence-corrected chi connectivity index (χ1v) is 11.6. The Hall–Kier alpha value is -1.63. The molecule has 4 rings (SSSR count). The zero-order chi connectivity index (χ0) is 19.5. The molecule has 2 heterocycles. The van der Waals surface area contributed by atoms with Crippen LogP contribution in [0.5, 0.6) is 0 Å². The molecular formula is C21H21ClN2O2S2. The predicted molar refractivity (Wildman–Crippen MR) is 116 cm³/mol. The third-order valence-corrected chi connectivity index (χ3v) is 7.16. The van der Waals surface area contributed by atoms with Crippen molar-refractivity contribution in [3.8, 4) is 11.1 Å². The monoisotopic (exact) mass is 432 g/mol. The molecule has 4 nitrogen and oxygen atoms in total. The highest BCUT2D eigenvalue weighted by Gasteiger charge is 2.24. The van der Waals surface area contributed by atoms with E-state index in [0.717, 1.165) is 52.1 Å². The molecule has 0 spiro atoms. The number of halogens is 1. The Balaban J connectivity index is 1.57. The van der Waals surface area contributed by atoms with Crippen molar-refractivity contribution in [2.45, 2.75) is 55.4 Å². The van der Waals surface area contributed by atoms with Crippen molar-refractivity contribution in [1.82, 2.24) is 9.97 Å². The van der Waals surface area contributed by atoms with Crippen LogP contribution in [0.4, 0.5) is 0 Å². The first-order chi connectivity index (χ1) is 13.6. The number of ether oxygens (including phenoxy) is 1. The van der Waals surface area contributed by atoms with Crippen molar-refractivity contribution in [2.75, 3.05) is 0 Å². The van der Waals surface area contributed by atoms with Crippen LogP contribution in [0.25, 0.3) is 21.3 Å². The SMILES string of the molecule is CC(Sc1ncnc2scc(-c3ccc(Cl)cc3)c12)C(=O)OC1CCCCC1. The molecule has 3 aromatic rings. The molecule has 1 unspecified atom stereocenters. The fourth-order valence-corrected chi connectivity index (χ4v) is 5.46. The molecule has 0 N–H and O–H groups in total. The number of thioether (sulfide) groups is 1. The van der Waals surface area contributed by atoms with E-state index in [2.05, 4.69) is 15.3 Å². The molecule has 2 aromatic heterocycles. The Labute approximate surface area is 177 Å².